The van der Waals surface area contributed by atoms with Gasteiger partial charge in [0.25, 0.3) is 0 Å². The highest BCUT2D eigenvalue weighted by Gasteiger charge is 2.13. The van der Waals surface area contributed by atoms with Crippen LogP contribution >= 0.6 is 0 Å². The van der Waals surface area contributed by atoms with E-state index in [1.165, 1.54) is 0 Å². The van der Waals surface area contributed by atoms with Crippen molar-refractivity contribution in [2.24, 2.45) is 5.92 Å². The predicted octanol–water partition coefficient (Wildman–Crippen LogP) is 0.778. The van der Waals surface area contributed by atoms with Gasteiger partial charge in [-0.25, -0.2) is 0 Å². The van der Waals surface area contributed by atoms with E-state index in [1.807, 2.05) is 0 Å². The molecule has 2 heteroatoms. The molecule has 1 atom stereocenters. The Hall–Kier alpha value is -0.530. The highest BCUT2D eigenvalue weighted by Crippen LogP contribution is 2.09. The van der Waals surface area contributed by atoms with Crippen LogP contribution in [0.2, 0.25) is 0 Å². The SMILES string of the molecule is CC1CCNC(=O)C1.[HH]. The van der Waals surface area contributed by atoms with Crippen LogP contribution in [0.15, 0.2) is 0 Å². The van der Waals surface area contributed by atoms with Gasteiger partial charge in [-0.2, -0.15) is 0 Å². The number of carbonyl (C=O) groups is 1. The first-order chi connectivity index (χ1) is 3.79. The highest BCUT2D eigenvalue weighted by molar-refractivity contribution is 5.76. The maximum atomic E-state index is 10.6. The van der Waals surface area contributed by atoms with Gasteiger partial charge in [0.15, 0.2) is 0 Å². The fraction of sp³-hybridized carbons (Fsp3) is 0.833. The zero-order valence-electron chi connectivity index (χ0n) is 5.11. The normalized spacial score (nSPS) is 29.6. The number of hydrogen-bond donors (Lipinski definition) is 1. The number of nitrogens with one attached hydrogen (secondary N) is 1. The average molecular weight is 115 g/mol. The van der Waals surface area contributed by atoms with Crippen molar-refractivity contribution in [3.8, 4) is 0 Å². The molecule has 0 saturated carbocycles. The average Bonchev–Trinajstić information content (AvgIpc) is 1.64. The number of piperidine rings is 1. The van der Waals surface area contributed by atoms with Crippen LogP contribution in [0, 0.1) is 5.92 Å². The third-order valence-corrected chi connectivity index (χ3v) is 1.49. The Morgan fingerprint density at radius 3 is 3.00 bits per heavy atom. The summed E-state index contributed by atoms with van der Waals surface area (Å²) in [6.45, 7) is 2.98. The van der Waals surface area contributed by atoms with E-state index < -0.39 is 0 Å². The smallest absolute Gasteiger partial charge is 0.220 e. The zero-order valence-corrected chi connectivity index (χ0v) is 5.11. The van der Waals surface area contributed by atoms with Gasteiger partial charge in [0.05, 0.1) is 0 Å². The molecule has 0 aliphatic carbocycles. The van der Waals surface area contributed by atoms with Gasteiger partial charge in [0.1, 0.15) is 0 Å². The molecule has 1 unspecified atom stereocenters. The maximum absolute atomic E-state index is 10.6. The van der Waals surface area contributed by atoms with E-state index in [4.69, 9.17) is 0 Å². The van der Waals surface area contributed by atoms with Crippen molar-refractivity contribution in [2.75, 3.05) is 6.54 Å². The van der Waals surface area contributed by atoms with E-state index in [0.717, 1.165) is 19.4 Å². The van der Waals surface area contributed by atoms with Crippen LogP contribution in [0.5, 0.6) is 0 Å². The van der Waals surface area contributed by atoms with Gasteiger partial charge in [0.2, 0.25) is 5.91 Å². The first kappa shape index (κ1) is 5.60. The number of carbonyl (C=O) groups excluding carboxylic acids is 1. The van der Waals surface area contributed by atoms with Crippen LogP contribution in [0.4, 0.5) is 0 Å². The summed E-state index contributed by atoms with van der Waals surface area (Å²) in [6, 6.07) is 0. The second-order valence-electron chi connectivity index (χ2n) is 2.45. The van der Waals surface area contributed by atoms with E-state index >= 15 is 0 Å². The van der Waals surface area contributed by atoms with Crippen molar-refractivity contribution in [3.63, 3.8) is 0 Å². The summed E-state index contributed by atoms with van der Waals surface area (Å²) in [6.07, 6.45) is 1.87. The van der Waals surface area contributed by atoms with E-state index in [2.05, 4.69) is 12.2 Å². The van der Waals surface area contributed by atoms with Crippen molar-refractivity contribution in [2.45, 2.75) is 19.8 Å². The molecule has 0 aromatic rings. The van der Waals surface area contributed by atoms with Crippen molar-refractivity contribution in [1.82, 2.24) is 5.32 Å². The molecule has 2 nitrogen and oxygen atoms in total. The van der Waals surface area contributed by atoms with Crippen molar-refractivity contribution in [3.05, 3.63) is 0 Å². The zero-order chi connectivity index (χ0) is 5.98. The summed E-state index contributed by atoms with van der Waals surface area (Å²) >= 11 is 0. The Kier molecular flexibility index (Phi) is 1.51. The molecule has 0 radical (unpaired) electrons. The Bertz CT molecular complexity index is 105. The minimum atomic E-state index is 0. The Morgan fingerprint density at radius 2 is 2.62 bits per heavy atom. The molecule has 1 amide bonds. The second kappa shape index (κ2) is 2.16. The van der Waals surface area contributed by atoms with Crippen molar-refractivity contribution in [1.29, 1.82) is 0 Å². The Labute approximate surface area is 50.8 Å². The van der Waals surface area contributed by atoms with Gasteiger partial charge in [-0.1, -0.05) is 6.92 Å². The van der Waals surface area contributed by atoms with Gasteiger partial charge >= 0.3 is 0 Å². The minimum absolute atomic E-state index is 0. The lowest BCUT2D eigenvalue weighted by atomic mass is 10.0. The minimum Gasteiger partial charge on any atom is -0.356 e. The van der Waals surface area contributed by atoms with Crippen LogP contribution in [0.1, 0.15) is 21.2 Å². The van der Waals surface area contributed by atoms with Crippen LogP contribution in [0.3, 0.4) is 0 Å². The van der Waals surface area contributed by atoms with Gasteiger partial charge in [-0.05, 0) is 12.3 Å². The fourth-order valence-electron chi connectivity index (χ4n) is 0.949. The summed E-state index contributed by atoms with van der Waals surface area (Å²) < 4.78 is 0. The molecule has 0 spiro atoms. The molecule has 1 aliphatic heterocycles. The summed E-state index contributed by atoms with van der Waals surface area (Å²) in [5.41, 5.74) is 0. The lowest BCUT2D eigenvalue weighted by Gasteiger charge is -2.16. The van der Waals surface area contributed by atoms with Crippen molar-refractivity contribution >= 4 is 5.91 Å². The summed E-state index contributed by atoms with van der Waals surface area (Å²) in [5, 5.41) is 2.77. The highest BCUT2D eigenvalue weighted by atomic mass is 16.1. The molecule has 1 heterocycles. The summed E-state index contributed by atoms with van der Waals surface area (Å²) in [7, 11) is 0. The van der Waals surface area contributed by atoms with E-state index in [1.54, 1.807) is 0 Å². The van der Waals surface area contributed by atoms with Crippen LogP contribution in [0.25, 0.3) is 0 Å². The fourth-order valence-corrected chi connectivity index (χ4v) is 0.949. The molecule has 48 valence electrons. The lowest BCUT2D eigenvalue weighted by molar-refractivity contribution is -0.123. The van der Waals surface area contributed by atoms with Crippen molar-refractivity contribution < 1.29 is 6.22 Å². The summed E-state index contributed by atoms with van der Waals surface area (Å²) in [5.74, 6) is 0.812. The molecular formula is C6H13NO. The lowest BCUT2D eigenvalue weighted by Crippen LogP contribution is -2.32. The van der Waals surface area contributed by atoms with Gasteiger partial charge in [-0.15, -0.1) is 0 Å². The molecule has 8 heavy (non-hydrogen) atoms. The molecule has 0 bridgehead atoms. The monoisotopic (exact) mass is 115 g/mol. The number of rotatable bonds is 0. The third-order valence-electron chi connectivity index (χ3n) is 1.49. The van der Waals surface area contributed by atoms with Gasteiger partial charge < -0.3 is 5.32 Å². The molecule has 1 N–H and O–H groups in total. The van der Waals surface area contributed by atoms with Gasteiger partial charge in [-0.3, -0.25) is 4.79 Å². The topological polar surface area (TPSA) is 29.1 Å². The van der Waals surface area contributed by atoms with Crippen LogP contribution < -0.4 is 5.32 Å². The Balaban J connectivity index is 0.000000640. The molecule has 0 aromatic heterocycles. The largest absolute Gasteiger partial charge is 0.356 e. The molecule has 1 saturated heterocycles. The van der Waals surface area contributed by atoms with E-state index in [-0.39, 0.29) is 7.33 Å². The summed E-state index contributed by atoms with van der Waals surface area (Å²) in [4.78, 5) is 10.6. The van der Waals surface area contributed by atoms with Gasteiger partial charge in [0, 0.05) is 14.4 Å². The molecule has 1 rings (SSSR count). The first-order valence-electron chi connectivity index (χ1n) is 3.06. The van der Waals surface area contributed by atoms with Crippen LogP contribution in [-0.4, -0.2) is 12.5 Å². The molecular weight excluding hydrogens is 102 g/mol. The standard InChI is InChI=1S/C6H11NO.H2/c1-5-2-3-7-6(8)4-5;/h5H,2-4H2,1H3,(H,7,8);1H. The molecule has 0 aromatic carbocycles. The predicted molar refractivity (Wildman–Crippen MR) is 33.5 cm³/mol. The Morgan fingerprint density at radius 1 is 1.88 bits per heavy atom. The number of amides is 1. The number of hydrogen-bond acceptors (Lipinski definition) is 1. The van der Waals surface area contributed by atoms with E-state index in [0.29, 0.717) is 5.92 Å². The second-order valence-corrected chi connectivity index (χ2v) is 2.45. The van der Waals surface area contributed by atoms with E-state index in [9.17, 15) is 4.79 Å². The molecule has 1 aliphatic rings. The molecule has 1 fully saturated rings. The quantitative estimate of drug-likeness (QED) is 0.496. The first-order valence-corrected chi connectivity index (χ1v) is 3.06. The van der Waals surface area contributed by atoms with Crippen LogP contribution in [-0.2, 0) is 4.79 Å². The third kappa shape index (κ3) is 1.22. The maximum Gasteiger partial charge on any atom is 0.220 e.